The van der Waals surface area contributed by atoms with E-state index in [2.05, 4.69) is 32.8 Å². The van der Waals surface area contributed by atoms with Crippen LogP contribution in [0.5, 0.6) is 0 Å². The first-order chi connectivity index (χ1) is 9.38. The minimum absolute atomic E-state index is 0.714. The largest absolute Gasteiger partial charge is 0.310 e. The lowest BCUT2D eigenvalue weighted by Crippen LogP contribution is -2.17. The number of aromatic nitrogens is 3. The highest BCUT2D eigenvalue weighted by Crippen LogP contribution is 2.21. The molecular formula is C15H20N4. The monoisotopic (exact) mass is 256 g/mol. The maximum absolute atomic E-state index is 4.55. The highest BCUT2D eigenvalue weighted by Gasteiger charge is 2.21. The van der Waals surface area contributed by atoms with Crippen LogP contribution in [0.2, 0.25) is 0 Å². The van der Waals surface area contributed by atoms with E-state index in [0.29, 0.717) is 6.04 Å². The van der Waals surface area contributed by atoms with E-state index in [1.807, 2.05) is 24.7 Å². The molecule has 4 nitrogen and oxygen atoms in total. The normalized spacial score (nSPS) is 14.8. The zero-order valence-electron chi connectivity index (χ0n) is 11.3. The molecule has 0 aromatic carbocycles. The van der Waals surface area contributed by atoms with Crippen molar-refractivity contribution < 1.29 is 0 Å². The molecule has 100 valence electrons. The van der Waals surface area contributed by atoms with Gasteiger partial charge in [0.1, 0.15) is 11.6 Å². The average Bonchev–Trinajstić information content (AvgIpc) is 3.16. The Balaban J connectivity index is 1.87. The summed E-state index contributed by atoms with van der Waals surface area (Å²) in [5, 5.41) is 3.55. The molecule has 0 atom stereocenters. The topological polar surface area (TPSA) is 42.7 Å². The van der Waals surface area contributed by atoms with Crippen LogP contribution in [-0.4, -0.2) is 20.6 Å². The molecule has 0 aliphatic heterocycles. The summed E-state index contributed by atoms with van der Waals surface area (Å²) >= 11 is 0. The summed E-state index contributed by atoms with van der Waals surface area (Å²) in [6, 6.07) is 4.86. The highest BCUT2D eigenvalue weighted by molar-refractivity contribution is 5.35. The zero-order valence-corrected chi connectivity index (χ0v) is 11.3. The summed E-state index contributed by atoms with van der Waals surface area (Å²) in [7, 11) is 0. The van der Waals surface area contributed by atoms with E-state index >= 15 is 0 Å². The lowest BCUT2D eigenvalue weighted by atomic mass is 10.2. The van der Waals surface area contributed by atoms with Crippen molar-refractivity contribution in [3.05, 3.63) is 42.1 Å². The summed E-state index contributed by atoms with van der Waals surface area (Å²) in [6.45, 7) is 3.06. The Bertz CT molecular complexity index is 543. The molecule has 0 radical (unpaired) electrons. The van der Waals surface area contributed by atoms with Gasteiger partial charge in [0.25, 0.3) is 0 Å². The fraction of sp³-hybridized carbons (Fsp3) is 0.467. The van der Waals surface area contributed by atoms with Gasteiger partial charge in [-0.1, -0.05) is 13.0 Å². The molecule has 3 rings (SSSR count). The van der Waals surface area contributed by atoms with Crippen LogP contribution in [0.25, 0.3) is 5.82 Å². The average molecular weight is 256 g/mol. The van der Waals surface area contributed by atoms with Gasteiger partial charge in [0.15, 0.2) is 0 Å². The van der Waals surface area contributed by atoms with Crippen molar-refractivity contribution in [3.8, 4) is 5.82 Å². The van der Waals surface area contributed by atoms with Gasteiger partial charge in [-0.2, -0.15) is 0 Å². The Labute approximate surface area is 113 Å². The van der Waals surface area contributed by atoms with Crippen LogP contribution in [0, 0.1) is 0 Å². The molecule has 2 heterocycles. The Morgan fingerprint density at radius 3 is 3.00 bits per heavy atom. The molecule has 0 spiro atoms. The maximum atomic E-state index is 4.55. The van der Waals surface area contributed by atoms with Crippen molar-refractivity contribution in [2.24, 2.45) is 0 Å². The summed E-state index contributed by atoms with van der Waals surface area (Å²) in [6.07, 6.45) is 10.4. The minimum atomic E-state index is 0.714. The van der Waals surface area contributed by atoms with Gasteiger partial charge in [0, 0.05) is 43.2 Å². The van der Waals surface area contributed by atoms with Gasteiger partial charge in [0.05, 0.1) is 0 Å². The molecule has 0 bridgehead atoms. The lowest BCUT2D eigenvalue weighted by molar-refractivity contribution is 0.678. The first kappa shape index (κ1) is 12.4. The van der Waals surface area contributed by atoms with Crippen molar-refractivity contribution >= 4 is 0 Å². The van der Waals surface area contributed by atoms with Crippen LogP contribution >= 0.6 is 0 Å². The highest BCUT2D eigenvalue weighted by atomic mass is 15.1. The van der Waals surface area contributed by atoms with Gasteiger partial charge in [-0.25, -0.2) is 9.97 Å². The number of imidazole rings is 1. The molecular weight excluding hydrogens is 236 g/mol. The van der Waals surface area contributed by atoms with Crippen molar-refractivity contribution in [2.75, 3.05) is 0 Å². The van der Waals surface area contributed by atoms with Gasteiger partial charge in [-0.05, 0) is 25.3 Å². The van der Waals surface area contributed by atoms with E-state index in [1.165, 1.54) is 18.4 Å². The summed E-state index contributed by atoms with van der Waals surface area (Å²) in [5.41, 5.74) is 1.24. The standard InChI is InChI=1S/C15H20N4/c1-2-4-14-16-9-10-19(14)15-12(5-3-8-17-15)11-18-13-6-7-13/h3,5,8-10,13,18H,2,4,6-7,11H2,1H3. The molecule has 0 saturated heterocycles. The van der Waals surface area contributed by atoms with Crippen LogP contribution in [0.4, 0.5) is 0 Å². The number of nitrogens with zero attached hydrogens (tertiary/aromatic N) is 3. The number of hydrogen-bond donors (Lipinski definition) is 1. The fourth-order valence-corrected chi connectivity index (χ4v) is 2.26. The number of nitrogens with one attached hydrogen (secondary N) is 1. The Hall–Kier alpha value is -1.68. The van der Waals surface area contributed by atoms with E-state index in [4.69, 9.17) is 0 Å². The molecule has 4 heteroatoms. The molecule has 19 heavy (non-hydrogen) atoms. The third-order valence-corrected chi connectivity index (χ3v) is 3.45. The second kappa shape index (κ2) is 5.53. The van der Waals surface area contributed by atoms with E-state index in [-0.39, 0.29) is 0 Å². The van der Waals surface area contributed by atoms with E-state index in [0.717, 1.165) is 31.0 Å². The van der Waals surface area contributed by atoms with Crippen LogP contribution in [0.3, 0.4) is 0 Å². The molecule has 1 aliphatic carbocycles. The van der Waals surface area contributed by atoms with Crippen molar-refractivity contribution in [1.82, 2.24) is 19.9 Å². The van der Waals surface area contributed by atoms with Crippen molar-refractivity contribution in [2.45, 2.75) is 45.2 Å². The SMILES string of the molecule is CCCc1nccn1-c1ncccc1CNC1CC1. The van der Waals surface area contributed by atoms with E-state index < -0.39 is 0 Å². The smallest absolute Gasteiger partial charge is 0.142 e. The molecule has 0 unspecified atom stereocenters. The van der Waals surface area contributed by atoms with E-state index in [1.54, 1.807) is 0 Å². The lowest BCUT2D eigenvalue weighted by Gasteiger charge is -2.12. The van der Waals surface area contributed by atoms with E-state index in [9.17, 15) is 0 Å². The Kier molecular flexibility index (Phi) is 3.60. The maximum Gasteiger partial charge on any atom is 0.142 e. The zero-order chi connectivity index (χ0) is 13.1. The number of aryl methyl sites for hydroxylation is 1. The fourth-order valence-electron chi connectivity index (χ4n) is 2.26. The molecule has 0 amide bonds. The van der Waals surface area contributed by atoms with Crippen molar-refractivity contribution in [3.63, 3.8) is 0 Å². The molecule has 1 saturated carbocycles. The minimum Gasteiger partial charge on any atom is -0.310 e. The van der Waals surface area contributed by atoms with Crippen molar-refractivity contribution in [1.29, 1.82) is 0 Å². The van der Waals surface area contributed by atoms with Gasteiger partial charge < -0.3 is 5.32 Å². The van der Waals surface area contributed by atoms with Crippen LogP contribution in [0.15, 0.2) is 30.7 Å². The number of hydrogen-bond acceptors (Lipinski definition) is 3. The van der Waals surface area contributed by atoms with Gasteiger partial charge in [0.2, 0.25) is 0 Å². The number of rotatable bonds is 6. The van der Waals surface area contributed by atoms with Gasteiger partial charge in [-0.15, -0.1) is 0 Å². The quantitative estimate of drug-likeness (QED) is 0.863. The Morgan fingerprint density at radius 1 is 1.32 bits per heavy atom. The second-order valence-corrected chi connectivity index (χ2v) is 5.10. The molecule has 1 aliphatic rings. The van der Waals surface area contributed by atoms with Crippen LogP contribution in [-0.2, 0) is 13.0 Å². The first-order valence-corrected chi connectivity index (χ1v) is 7.08. The summed E-state index contributed by atoms with van der Waals surface area (Å²) < 4.78 is 2.12. The van der Waals surface area contributed by atoms with Gasteiger partial charge in [-0.3, -0.25) is 4.57 Å². The molecule has 2 aromatic rings. The third-order valence-electron chi connectivity index (χ3n) is 3.45. The molecule has 2 aromatic heterocycles. The van der Waals surface area contributed by atoms with Crippen LogP contribution < -0.4 is 5.32 Å². The third kappa shape index (κ3) is 2.84. The molecule has 1 N–H and O–H groups in total. The van der Waals surface area contributed by atoms with Crippen LogP contribution in [0.1, 0.15) is 37.6 Å². The summed E-state index contributed by atoms with van der Waals surface area (Å²) in [5.74, 6) is 2.10. The predicted octanol–water partition coefficient (Wildman–Crippen LogP) is 2.47. The summed E-state index contributed by atoms with van der Waals surface area (Å²) in [4.78, 5) is 8.98. The van der Waals surface area contributed by atoms with Gasteiger partial charge >= 0.3 is 0 Å². The second-order valence-electron chi connectivity index (χ2n) is 5.10. The predicted molar refractivity (Wildman–Crippen MR) is 75.2 cm³/mol. The Morgan fingerprint density at radius 2 is 2.21 bits per heavy atom. The molecule has 1 fully saturated rings. The first-order valence-electron chi connectivity index (χ1n) is 7.08. The number of pyridine rings is 1.